The third kappa shape index (κ3) is 3.05. The highest BCUT2D eigenvalue weighted by Crippen LogP contribution is 2.26. The van der Waals surface area contributed by atoms with Crippen LogP contribution in [0.3, 0.4) is 0 Å². The van der Waals surface area contributed by atoms with E-state index in [4.69, 9.17) is 9.47 Å². The van der Waals surface area contributed by atoms with Gasteiger partial charge in [-0.15, -0.1) is 0 Å². The Labute approximate surface area is 120 Å². The number of rotatable bonds is 5. The lowest BCUT2D eigenvalue weighted by molar-refractivity contribution is 0.391. The zero-order chi connectivity index (χ0) is 14.5. The second-order valence-corrected chi connectivity index (χ2v) is 4.78. The Bertz CT molecular complexity index is 594. The molecule has 0 aliphatic carbocycles. The molecule has 0 aromatic heterocycles. The average molecular weight is 271 g/mol. The third-order valence-electron chi connectivity index (χ3n) is 3.57. The fraction of sp³-hybridized carbons (Fsp3) is 0.294. The Kier molecular flexibility index (Phi) is 4.51. The van der Waals surface area contributed by atoms with Crippen LogP contribution in [0.2, 0.25) is 0 Å². The summed E-state index contributed by atoms with van der Waals surface area (Å²) in [4.78, 5) is 0. The fourth-order valence-electron chi connectivity index (χ4n) is 2.13. The van der Waals surface area contributed by atoms with E-state index >= 15 is 0 Å². The maximum atomic E-state index is 5.41. The molecule has 20 heavy (non-hydrogen) atoms. The summed E-state index contributed by atoms with van der Waals surface area (Å²) < 4.78 is 10.6. The molecule has 0 aliphatic heterocycles. The molecule has 2 rings (SSSR count). The molecular weight excluding hydrogens is 250 g/mol. The monoisotopic (exact) mass is 271 g/mol. The first-order valence-corrected chi connectivity index (χ1v) is 6.66. The van der Waals surface area contributed by atoms with E-state index in [1.807, 2.05) is 18.2 Å². The molecule has 0 fully saturated rings. The Morgan fingerprint density at radius 2 is 1.80 bits per heavy atom. The van der Waals surface area contributed by atoms with E-state index < -0.39 is 0 Å². The van der Waals surface area contributed by atoms with Gasteiger partial charge >= 0.3 is 0 Å². The van der Waals surface area contributed by atoms with Crippen molar-refractivity contribution in [3.63, 3.8) is 0 Å². The number of methoxy groups -OCH3 is 2. The summed E-state index contributed by atoms with van der Waals surface area (Å²) in [5, 5.41) is 3.46. The molecule has 3 heteroatoms. The van der Waals surface area contributed by atoms with Crippen molar-refractivity contribution in [1.29, 1.82) is 0 Å². The number of nitrogens with one attached hydrogen (secondary N) is 1. The predicted molar refractivity (Wildman–Crippen MR) is 82.8 cm³/mol. The molecule has 0 heterocycles. The van der Waals surface area contributed by atoms with Gasteiger partial charge in [-0.1, -0.05) is 12.1 Å². The Hall–Kier alpha value is -2.16. The van der Waals surface area contributed by atoms with E-state index in [-0.39, 0.29) is 0 Å². The normalized spacial score (nSPS) is 10.2. The molecule has 1 N–H and O–H groups in total. The number of benzene rings is 2. The zero-order valence-corrected chi connectivity index (χ0v) is 12.5. The minimum absolute atomic E-state index is 0.720. The molecule has 0 radical (unpaired) electrons. The Morgan fingerprint density at radius 1 is 1.00 bits per heavy atom. The van der Waals surface area contributed by atoms with Crippen molar-refractivity contribution in [2.75, 3.05) is 19.5 Å². The first-order valence-electron chi connectivity index (χ1n) is 6.66. The molecule has 0 saturated heterocycles. The average Bonchev–Trinajstić information content (AvgIpc) is 2.48. The molecule has 3 nitrogen and oxygen atoms in total. The SMILES string of the molecule is COc1ccc(CNc2cccc(C)c2C)c(OC)c1. The summed E-state index contributed by atoms with van der Waals surface area (Å²) in [5.41, 5.74) is 4.83. The summed E-state index contributed by atoms with van der Waals surface area (Å²) >= 11 is 0. The lowest BCUT2D eigenvalue weighted by atomic mass is 10.1. The standard InChI is InChI=1S/C17H21NO2/c1-12-6-5-7-16(13(12)2)18-11-14-8-9-15(19-3)10-17(14)20-4/h5-10,18H,11H2,1-4H3. The third-order valence-corrected chi connectivity index (χ3v) is 3.57. The van der Waals surface area contributed by atoms with Crippen LogP contribution >= 0.6 is 0 Å². The van der Waals surface area contributed by atoms with Crippen LogP contribution in [-0.2, 0) is 6.54 Å². The van der Waals surface area contributed by atoms with Crippen LogP contribution in [0, 0.1) is 13.8 Å². The van der Waals surface area contributed by atoms with E-state index in [1.54, 1.807) is 14.2 Å². The second-order valence-electron chi connectivity index (χ2n) is 4.78. The lowest BCUT2D eigenvalue weighted by Crippen LogP contribution is -2.03. The minimum Gasteiger partial charge on any atom is -0.497 e. The van der Waals surface area contributed by atoms with Crippen molar-refractivity contribution in [3.05, 3.63) is 53.1 Å². The van der Waals surface area contributed by atoms with Crippen LogP contribution in [0.15, 0.2) is 36.4 Å². The van der Waals surface area contributed by atoms with Crippen molar-refractivity contribution in [3.8, 4) is 11.5 Å². The summed E-state index contributed by atoms with van der Waals surface area (Å²) in [6.07, 6.45) is 0. The van der Waals surface area contributed by atoms with Crippen LogP contribution < -0.4 is 14.8 Å². The quantitative estimate of drug-likeness (QED) is 0.893. The van der Waals surface area contributed by atoms with E-state index in [9.17, 15) is 0 Å². The van der Waals surface area contributed by atoms with Gasteiger partial charge in [-0.2, -0.15) is 0 Å². The molecule has 2 aromatic rings. The molecule has 0 amide bonds. The van der Waals surface area contributed by atoms with Crippen LogP contribution in [0.4, 0.5) is 5.69 Å². The van der Waals surface area contributed by atoms with Gasteiger partial charge in [-0.05, 0) is 43.2 Å². The minimum atomic E-state index is 0.720. The topological polar surface area (TPSA) is 30.5 Å². The maximum absolute atomic E-state index is 5.41. The first kappa shape index (κ1) is 14.3. The Morgan fingerprint density at radius 3 is 2.50 bits per heavy atom. The molecule has 0 aliphatic rings. The van der Waals surface area contributed by atoms with Gasteiger partial charge < -0.3 is 14.8 Å². The van der Waals surface area contributed by atoms with Crippen LogP contribution in [0.1, 0.15) is 16.7 Å². The van der Waals surface area contributed by atoms with E-state index in [1.165, 1.54) is 11.1 Å². The predicted octanol–water partition coefficient (Wildman–Crippen LogP) is 3.93. The summed E-state index contributed by atoms with van der Waals surface area (Å²) in [5.74, 6) is 1.64. The molecule has 0 spiro atoms. The Balaban J connectivity index is 2.16. The summed E-state index contributed by atoms with van der Waals surface area (Å²) in [7, 11) is 3.33. The number of anilines is 1. The van der Waals surface area contributed by atoms with Gasteiger partial charge in [0, 0.05) is 23.9 Å². The smallest absolute Gasteiger partial charge is 0.127 e. The zero-order valence-electron chi connectivity index (χ0n) is 12.5. The van der Waals surface area contributed by atoms with Crippen molar-refractivity contribution in [2.24, 2.45) is 0 Å². The molecule has 0 saturated carbocycles. The molecule has 0 atom stereocenters. The fourth-order valence-corrected chi connectivity index (χ4v) is 2.13. The van der Waals surface area contributed by atoms with Gasteiger partial charge in [0.05, 0.1) is 14.2 Å². The molecule has 106 valence electrons. The van der Waals surface area contributed by atoms with Gasteiger partial charge in [-0.25, -0.2) is 0 Å². The van der Waals surface area contributed by atoms with Gasteiger partial charge in [0.15, 0.2) is 0 Å². The maximum Gasteiger partial charge on any atom is 0.127 e. The lowest BCUT2D eigenvalue weighted by Gasteiger charge is -2.14. The van der Waals surface area contributed by atoms with Crippen molar-refractivity contribution >= 4 is 5.69 Å². The number of aryl methyl sites for hydroxylation is 1. The van der Waals surface area contributed by atoms with Crippen molar-refractivity contribution in [1.82, 2.24) is 0 Å². The molecule has 2 aromatic carbocycles. The van der Waals surface area contributed by atoms with E-state index in [0.717, 1.165) is 29.3 Å². The molecule has 0 bridgehead atoms. The second kappa shape index (κ2) is 6.33. The highest BCUT2D eigenvalue weighted by molar-refractivity contribution is 5.54. The van der Waals surface area contributed by atoms with Gasteiger partial charge in [0.25, 0.3) is 0 Å². The van der Waals surface area contributed by atoms with E-state index in [2.05, 4.69) is 37.4 Å². The van der Waals surface area contributed by atoms with Crippen molar-refractivity contribution in [2.45, 2.75) is 20.4 Å². The highest BCUT2D eigenvalue weighted by Gasteiger charge is 2.06. The largest absolute Gasteiger partial charge is 0.497 e. The van der Waals surface area contributed by atoms with Crippen LogP contribution in [0.5, 0.6) is 11.5 Å². The molecule has 0 unspecified atom stereocenters. The van der Waals surface area contributed by atoms with Gasteiger partial charge in [-0.3, -0.25) is 0 Å². The van der Waals surface area contributed by atoms with E-state index in [0.29, 0.717) is 0 Å². The molecular formula is C17H21NO2. The van der Waals surface area contributed by atoms with Crippen molar-refractivity contribution < 1.29 is 9.47 Å². The van der Waals surface area contributed by atoms with Gasteiger partial charge in [0.1, 0.15) is 11.5 Å². The van der Waals surface area contributed by atoms with Crippen LogP contribution in [-0.4, -0.2) is 14.2 Å². The number of hydrogen-bond donors (Lipinski definition) is 1. The summed E-state index contributed by atoms with van der Waals surface area (Å²) in [6, 6.07) is 12.2. The van der Waals surface area contributed by atoms with Crippen LogP contribution in [0.25, 0.3) is 0 Å². The number of ether oxygens (including phenoxy) is 2. The number of hydrogen-bond acceptors (Lipinski definition) is 3. The first-order chi connectivity index (χ1) is 9.65. The highest BCUT2D eigenvalue weighted by atomic mass is 16.5. The summed E-state index contributed by atoms with van der Waals surface area (Å²) in [6.45, 7) is 4.97. The van der Waals surface area contributed by atoms with Gasteiger partial charge in [0.2, 0.25) is 0 Å².